The van der Waals surface area contributed by atoms with E-state index >= 15 is 14.4 Å². The van der Waals surface area contributed by atoms with E-state index in [1.165, 1.54) is 5.57 Å². The summed E-state index contributed by atoms with van der Waals surface area (Å²) in [6.07, 6.45) is 31.6. The third kappa shape index (κ3) is 8.97. The summed E-state index contributed by atoms with van der Waals surface area (Å²) in [6, 6.07) is 5.55. The van der Waals surface area contributed by atoms with Gasteiger partial charge in [-0.25, -0.2) is 4.79 Å². The molecule has 14 nitrogen and oxygen atoms in total. The van der Waals surface area contributed by atoms with Gasteiger partial charge in [0, 0.05) is 55.8 Å². The Kier molecular flexibility index (Phi) is 13.7. The van der Waals surface area contributed by atoms with Gasteiger partial charge in [0.2, 0.25) is 5.78 Å². The van der Waals surface area contributed by atoms with Crippen molar-refractivity contribution in [1.29, 1.82) is 0 Å². The summed E-state index contributed by atoms with van der Waals surface area (Å²) in [5, 5.41) is 24.2. The molecule has 0 saturated carbocycles. The highest BCUT2D eigenvalue weighted by atomic mass is 16.7. The molecule has 14 heteroatoms. The van der Waals surface area contributed by atoms with Crippen LogP contribution in [-0.4, -0.2) is 99.4 Å². The van der Waals surface area contributed by atoms with E-state index in [0.717, 1.165) is 86.1 Å². The van der Waals surface area contributed by atoms with Gasteiger partial charge in [-0.15, -0.1) is 0 Å². The summed E-state index contributed by atoms with van der Waals surface area (Å²) >= 11 is 0. The number of allylic oxidation sites excluding steroid dienone is 7. The number of nitrogens with two attached hydrogens (primary N) is 1. The second kappa shape index (κ2) is 19.8. The van der Waals surface area contributed by atoms with Crippen molar-refractivity contribution in [2.75, 3.05) is 47.0 Å². The fourth-order valence-corrected chi connectivity index (χ4v) is 13.7. The van der Waals surface area contributed by atoms with Crippen LogP contribution in [-0.2, 0) is 20.7 Å². The quantitative estimate of drug-likeness (QED) is 0.0421. The molecule has 6 bridgehead atoms. The van der Waals surface area contributed by atoms with Gasteiger partial charge in [0.05, 0.1) is 25.0 Å². The van der Waals surface area contributed by atoms with Crippen LogP contribution in [0.1, 0.15) is 105 Å². The van der Waals surface area contributed by atoms with Crippen LogP contribution in [0.25, 0.3) is 0 Å². The minimum atomic E-state index is -2.13. The molecule has 0 radical (unpaired) electrons. The first-order valence-corrected chi connectivity index (χ1v) is 26.3. The van der Waals surface area contributed by atoms with Gasteiger partial charge in [0.15, 0.2) is 17.3 Å². The molecule has 11 atom stereocenters. The van der Waals surface area contributed by atoms with Crippen LogP contribution in [0.3, 0.4) is 0 Å². The lowest BCUT2D eigenvalue weighted by atomic mass is 9.57. The molecule has 2 fully saturated rings. The standard InChI is InChI=1S/C57H75N9O5/c1-6-61-45-27-38-11-7-14-41-37-13-9-22-54(3,30-36-16-19-46(58)64-32-36)31-39-12-8-15-43-49(39)51(68)57(52(69)70-33-44(45)42(18-17-37)48(38)41)56(71-57,50(43)67)24-20-35(2)29-55(23-10-25-63-53(60-5)66-55)40-21-26-62-47(28-40)65-34-59-4/h7-8,11-12,15-21,27-28,32,37,41-42,44-46,48,59,61-62,64-65H,6,9-10,13-14,22-26,29-31,33-34,58H2,1-5H3,(H2,60,63,66)/b35-20+/t37-,41-,42-,44+,45+,46?,48+,54+,55-,56+,57+/m1/s1. The molecule has 6 heterocycles. The number of aliphatic imine (C=N–C) groups is 1. The van der Waals surface area contributed by atoms with Crippen LogP contribution in [0.15, 0.2) is 118 Å². The fraction of sp³-hybridized carbons (Fsp3) is 0.544. The molecule has 1 aromatic carbocycles. The average molecular weight is 966 g/mol. The van der Waals surface area contributed by atoms with Gasteiger partial charge in [0.1, 0.15) is 5.82 Å². The van der Waals surface area contributed by atoms with E-state index in [0.29, 0.717) is 55.3 Å². The zero-order valence-electron chi connectivity index (χ0n) is 42.3. The molecule has 0 amide bonds. The zero-order chi connectivity index (χ0) is 49.5. The summed E-state index contributed by atoms with van der Waals surface area (Å²) < 4.78 is 13.2. The van der Waals surface area contributed by atoms with Crippen molar-refractivity contribution in [2.45, 2.75) is 114 Å². The predicted molar refractivity (Wildman–Crippen MR) is 278 cm³/mol. The van der Waals surface area contributed by atoms with Crippen LogP contribution in [0.2, 0.25) is 0 Å². The van der Waals surface area contributed by atoms with Gasteiger partial charge in [0.25, 0.3) is 5.60 Å². The number of likely N-dealkylation sites (N-methyl/N-ethyl adjacent to an activating group) is 1. The van der Waals surface area contributed by atoms with Gasteiger partial charge in [-0.05, 0) is 135 Å². The number of carbonyl (C=O) groups is 3. The Hall–Kier alpha value is -5.54. The molecule has 1 spiro atoms. The normalized spacial score (nSPS) is 36.8. The largest absolute Gasteiger partial charge is 0.463 e. The molecule has 4 aliphatic carbocycles. The molecule has 11 rings (SSSR count). The van der Waals surface area contributed by atoms with Crippen molar-refractivity contribution in [3.63, 3.8) is 0 Å². The summed E-state index contributed by atoms with van der Waals surface area (Å²) in [7, 11) is 3.68. The van der Waals surface area contributed by atoms with E-state index in [1.54, 1.807) is 13.1 Å². The smallest absolute Gasteiger partial charge is 0.350 e. The Morgan fingerprint density at radius 1 is 1.06 bits per heavy atom. The second-order valence-corrected chi connectivity index (χ2v) is 21.9. The minimum absolute atomic E-state index is 0.0301. The third-order valence-electron chi connectivity index (χ3n) is 17.2. The summed E-state index contributed by atoms with van der Waals surface area (Å²) in [5.41, 5.74) is 7.38. The number of Topliss-reactive ketones (excluding diaryl/α,β-unsaturated/α-hetero) is 2. The Bertz CT molecular complexity index is 2590. The Morgan fingerprint density at radius 3 is 2.73 bits per heavy atom. The van der Waals surface area contributed by atoms with Gasteiger partial charge < -0.3 is 52.4 Å². The first kappa shape index (κ1) is 49.1. The van der Waals surface area contributed by atoms with Gasteiger partial charge in [-0.3, -0.25) is 14.6 Å². The number of carbonyl (C=O) groups excluding carboxylic acids is 3. The number of ether oxygens (including phenoxy) is 2. The van der Waals surface area contributed by atoms with Crippen LogP contribution in [0.5, 0.6) is 0 Å². The van der Waals surface area contributed by atoms with E-state index < -0.39 is 28.5 Å². The van der Waals surface area contributed by atoms with E-state index in [9.17, 15) is 0 Å². The van der Waals surface area contributed by atoms with Crippen molar-refractivity contribution >= 4 is 23.5 Å². The molecule has 10 aliphatic rings. The molecule has 9 N–H and O–H groups in total. The fourth-order valence-electron chi connectivity index (χ4n) is 13.7. The van der Waals surface area contributed by atoms with Crippen molar-refractivity contribution in [2.24, 2.45) is 45.7 Å². The highest BCUT2D eigenvalue weighted by molar-refractivity contribution is 6.33. The summed E-state index contributed by atoms with van der Waals surface area (Å²) in [4.78, 5) is 51.1. The molecule has 71 heavy (non-hydrogen) atoms. The average Bonchev–Trinajstić information content (AvgIpc) is 4.12. The Labute approximate surface area is 419 Å². The number of nitrogens with one attached hydrogen (secondary N) is 7. The topological polar surface area (TPSA) is 196 Å². The van der Waals surface area contributed by atoms with Crippen molar-refractivity contribution in [3.05, 3.63) is 130 Å². The number of dihydropyridines is 2. The maximum atomic E-state index is 15.7. The van der Waals surface area contributed by atoms with E-state index in [1.807, 2.05) is 37.5 Å². The number of benzene rings is 1. The van der Waals surface area contributed by atoms with Gasteiger partial charge in [-0.1, -0.05) is 92.6 Å². The van der Waals surface area contributed by atoms with E-state index in [-0.39, 0.29) is 53.8 Å². The monoisotopic (exact) mass is 966 g/mol. The number of ketones is 2. The summed E-state index contributed by atoms with van der Waals surface area (Å²) in [5.74, 6) is 1.22. The highest BCUT2D eigenvalue weighted by Crippen LogP contribution is 2.60. The van der Waals surface area contributed by atoms with E-state index in [2.05, 4.69) is 112 Å². The first-order chi connectivity index (χ1) is 34.4. The SMILES string of the molecule is CCN[C@H]1C=C2C=CC[C@H]3[C@H]2[C@@H]2C=C[C@H]3CCC[C@@](C)(CC3=CNC(N)C=C3)Cc3cccc4c3C(=O)[C@]3(O[C@@]3(C/C=C(\C)C[C@@]3(C5=CCNC(NCNC)=C5)CCCNC(=NC)N3)C4=O)C(=O)OC[C@@H]21. The number of rotatable bonds is 12. The second-order valence-electron chi connectivity index (χ2n) is 21.9. The van der Waals surface area contributed by atoms with Gasteiger partial charge in [-0.2, -0.15) is 0 Å². The third-order valence-corrected chi connectivity index (χ3v) is 17.2. The van der Waals surface area contributed by atoms with Crippen LogP contribution >= 0.6 is 0 Å². The number of guanidine groups is 1. The molecular weight excluding hydrogens is 891 g/mol. The van der Waals surface area contributed by atoms with Crippen molar-refractivity contribution in [3.8, 4) is 0 Å². The first-order valence-electron chi connectivity index (χ1n) is 26.3. The molecular formula is C57H75N9O5. The maximum absolute atomic E-state index is 15.7. The number of epoxide rings is 1. The summed E-state index contributed by atoms with van der Waals surface area (Å²) in [6.45, 7) is 9.32. The zero-order valence-corrected chi connectivity index (χ0v) is 42.3. The number of hydrogen-bond acceptors (Lipinski definition) is 12. The highest BCUT2D eigenvalue weighted by Gasteiger charge is 2.85. The van der Waals surface area contributed by atoms with Crippen LogP contribution in [0.4, 0.5) is 0 Å². The lowest BCUT2D eigenvalue weighted by Crippen LogP contribution is -2.53. The molecule has 378 valence electrons. The molecule has 2 saturated heterocycles. The van der Waals surface area contributed by atoms with Crippen LogP contribution < -0.4 is 43.0 Å². The van der Waals surface area contributed by atoms with Crippen molar-refractivity contribution < 1.29 is 23.9 Å². The molecule has 0 aromatic heterocycles. The minimum Gasteiger partial charge on any atom is -0.463 e. The maximum Gasteiger partial charge on any atom is 0.350 e. The number of esters is 1. The molecule has 1 unspecified atom stereocenters. The van der Waals surface area contributed by atoms with Gasteiger partial charge >= 0.3 is 5.97 Å². The number of hydrogen-bond donors (Lipinski definition) is 8. The Balaban J connectivity index is 1.04. The lowest BCUT2D eigenvalue weighted by Gasteiger charge is -2.49. The van der Waals surface area contributed by atoms with Crippen molar-refractivity contribution in [1.82, 2.24) is 37.2 Å². The lowest BCUT2D eigenvalue weighted by molar-refractivity contribution is -0.150. The van der Waals surface area contributed by atoms with E-state index in [4.69, 9.17) is 15.2 Å². The predicted octanol–water partition coefficient (Wildman–Crippen LogP) is 5.66. The molecule has 6 aliphatic heterocycles. The molecule has 1 aromatic rings. The van der Waals surface area contributed by atoms with Crippen LogP contribution in [0, 0.1) is 35.0 Å². The number of fused-ring (bicyclic) bond motifs is 6. The number of nitrogens with zero attached hydrogens (tertiary/aromatic N) is 1. The Morgan fingerprint density at radius 2 is 1.93 bits per heavy atom.